The molecule has 21 heavy (non-hydrogen) atoms. The third kappa shape index (κ3) is 3.39. The lowest BCUT2D eigenvalue weighted by atomic mass is 9.79. The van der Waals surface area contributed by atoms with Gasteiger partial charge in [0.1, 0.15) is 0 Å². The minimum atomic E-state index is -1.46. The van der Waals surface area contributed by atoms with Gasteiger partial charge in [-0.05, 0) is 17.7 Å². The summed E-state index contributed by atoms with van der Waals surface area (Å²) in [6.07, 6.45) is 0. The summed E-state index contributed by atoms with van der Waals surface area (Å²) in [5.41, 5.74) is -0.249. The van der Waals surface area contributed by atoms with Crippen molar-refractivity contribution in [3.63, 3.8) is 0 Å². The number of piperazine rings is 1. The lowest BCUT2D eigenvalue weighted by Gasteiger charge is -2.43. The first-order chi connectivity index (χ1) is 9.86. The Morgan fingerprint density at radius 2 is 1.71 bits per heavy atom. The van der Waals surface area contributed by atoms with Gasteiger partial charge in [-0.1, -0.05) is 13.8 Å². The van der Waals surface area contributed by atoms with Crippen LogP contribution in [0.4, 0.5) is 13.2 Å². The number of aliphatic hydroxyl groups is 1. The molecule has 0 spiro atoms. The lowest BCUT2D eigenvalue weighted by Crippen LogP contribution is -2.49. The molecular formula is C15H21F3N2O. The fourth-order valence-corrected chi connectivity index (χ4v) is 2.92. The molecule has 1 aromatic carbocycles. The lowest BCUT2D eigenvalue weighted by molar-refractivity contribution is 0.0301. The summed E-state index contributed by atoms with van der Waals surface area (Å²) in [6.45, 7) is 6.47. The highest BCUT2D eigenvalue weighted by Crippen LogP contribution is 2.39. The van der Waals surface area contributed by atoms with Crippen molar-refractivity contribution < 1.29 is 18.3 Å². The van der Waals surface area contributed by atoms with Gasteiger partial charge in [-0.2, -0.15) is 0 Å². The highest BCUT2D eigenvalue weighted by molar-refractivity contribution is 5.25. The average Bonchev–Trinajstić information content (AvgIpc) is 2.46. The van der Waals surface area contributed by atoms with Crippen LogP contribution in [-0.2, 0) is 0 Å². The Bertz CT molecular complexity index is 479. The molecule has 1 aromatic rings. The Morgan fingerprint density at radius 1 is 1.19 bits per heavy atom. The van der Waals surface area contributed by atoms with Crippen LogP contribution in [0.5, 0.6) is 0 Å². The molecule has 0 saturated carbocycles. The Balaban J connectivity index is 2.44. The van der Waals surface area contributed by atoms with Crippen LogP contribution in [0.25, 0.3) is 0 Å². The molecule has 3 nitrogen and oxygen atoms in total. The van der Waals surface area contributed by atoms with Crippen LogP contribution in [-0.4, -0.2) is 42.8 Å². The van der Waals surface area contributed by atoms with Gasteiger partial charge in [-0.15, -0.1) is 0 Å². The molecule has 0 amide bonds. The van der Waals surface area contributed by atoms with Gasteiger partial charge in [0.25, 0.3) is 0 Å². The third-order valence-corrected chi connectivity index (χ3v) is 3.99. The second-order valence-corrected chi connectivity index (χ2v) is 6.13. The summed E-state index contributed by atoms with van der Waals surface area (Å²) in [6, 6.07) is 1.68. The first-order valence-corrected chi connectivity index (χ1v) is 7.07. The van der Waals surface area contributed by atoms with Crippen molar-refractivity contribution in [1.29, 1.82) is 0 Å². The molecule has 0 radical (unpaired) electrons. The van der Waals surface area contributed by atoms with Gasteiger partial charge in [0, 0.05) is 44.2 Å². The van der Waals surface area contributed by atoms with Gasteiger partial charge < -0.3 is 10.4 Å². The molecular weight excluding hydrogens is 281 g/mol. The molecule has 2 rings (SSSR count). The van der Waals surface area contributed by atoms with E-state index in [1.54, 1.807) is 0 Å². The van der Waals surface area contributed by atoms with E-state index in [-0.39, 0.29) is 12.6 Å². The van der Waals surface area contributed by atoms with Crippen molar-refractivity contribution in [2.45, 2.75) is 19.9 Å². The molecule has 0 aromatic heterocycles. The van der Waals surface area contributed by atoms with Gasteiger partial charge in [0.15, 0.2) is 17.5 Å². The van der Waals surface area contributed by atoms with Crippen LogP contribution in [0.1, 0.15) is 25.5 Å². The van der Waals surface area contributed by atoms with E-state index in [1.807, 2.05) is 13.8 Å². The third-order valence-electron chi connectivity index (χ3n) is 3.99. The summed E-state index contributed by atoms with van der Waals surface area (Å²) in [5, 5.41) is 12.9. The normalized spacial score (nSPS) is 18.8. The molecule has 118 valence electrons. The molecule has 1 atom stereocenters. The van der Waals surface area contributed by atoms with Crippen molar-refractivity contribution in [2.24, 2.45) is 5.41 Å². The second kappa shape index (κ2) is 6.34. The zero-order valence-electron chi connectivity index (χ0n) is 12.3. The van der Waals surface area contributed by atoms with Crippen molar-refractivity contribution in [3.05, 3.63) is 35.1 Å². The van der Waals surface area contributed by atoms with Crippen LogP contribution in [0.15, 0.2) is 12.1 Å². The number of rotatable bonds is 4. The molecule has 0 bridgehead atoms. The maximum atomic E-state index is 13.6. The number of nitrogens with one attached hydrogen (secondary N) is 1. The van der Waals surface area contributed by atoms with Crippen molar-refractivity contribution in [1.82, 2.24) is 10.2 Å². The number of aliphatic hydroxyl groups excluding tert-OH is 1. The predicted molar refractivity (Wildman–Crippen MR) is 74.4 cm³/mol. The predicted octanol–water partition coefficient (Wildman–Crippen LogP) is 2.07. The van der Waals surface area contributed by atoms with Gasteiger partial charge in [-0.3, -0.25) is 4.90 Å². The minimum Gasteiger partial charge on any atom is -0.396 e. The van der Waals surface area contributed by atoms with E-state index in [2.05, 4.69) is 10.2 Å². The number of halogens is 3. The maximum Gasteiger partial charge on any atom is 0.194 e. The Hall–Kier alpha value is -1.11. The van der Waals surface area contributed by atoms with Crippen molar-refractivity contribution >= 4 is 0 Å². The van der Waals surface area contributed by atoms with Crippen LogP contribution < -0.4 is 5.32 Å². The number of benzene rings is 1. The molecule has 1 aliphatic rings. The van der Waals surface area contributed by atoms with Gasteiger partial charge in [-0.25, -0.2) is 13.2 Å². The topological polar surface area (TPSA) is 35.5 Å². The van der Waals surface area contributed by atoms with Crippen molar-refractivity contribution in [3.8, 4) is 0 Å². The van der Waals surface area contributed by atoms with Gasteiger partial charge >= 0.3 is 0 Å². The first-order valence-electron chi connectivity index (χ1n) is 7.07. The SMILES string of the molecule is CC(C)(CO)[C@@H](c1cc(F)c(F)c(F)c1)N1CCNCC1. The standard InChI is InChI=1S/C15H21F3N2O/c1-15(2,9-21)14(20-5-3-19-4-6-20)10-7-11(16)13(18)12(17)8-10/h7-8,14,19,21H,3-6,9H2,1-2H3/t14-/m1/s1. The monoisotopic (exact) mass is 302 g/mol. The zero-order chi connectivity index (χ0) is 15.6. The fraction of sp³-hybridized carbons (Fsp3) is 0.600. The molecule has 2 N–H and O–H groups in total. The summed E-state index contributed by atoms with van der Waals surface area (Å²) < 4.78 is 40.3. The molecule has 1 heterocycles. The molecule has 0 unspecified atom stereocenters. The van der Waals surface area contributed by atoms with E-state index in [0.29, 0.717) is 18.7 Å². The van der Waals surface area contributed by atoms with E-state index < -0.39 is 22.9 Å². The summed E-state index contributed by atoms with van der Waals surface area (Å²) >= 11 is 0. The zero-order valence-corrected chi connectivity index (χ0v) is 12.3. The van der Waals surface area contributed by atoms with Crippen LogP contribution in [0.2, 0.25) is 0 Å². The van der Waals surface area contributed by atoms with E-state index in [4.69, 9.17) is 0 Å². The van der Waals surface area contributed by atoms with E-state index in [1.165, 1.54) is 0 Å². The van der Waals surface area contributed by atoms with E-state index >= 15 is 0 Å². The highest BCUT2D eigenvalue weighted by atomic mass is 19.2. The van der Waals surface area contributed by atoms with Crippen LogP contribution in [0.3, 0.4) is 0 Å². The van der Waals surface area contributed by atoms with Gasteiger partial charge in [0.2, 0.25) is 0 Å². The summed E-state index contributed by atoms with van der Waals surface area (Å²) in [4.78, 5) is 2.07. The summed E-state index contributed by atoms with van der Waals surface area (Å²) in [7, 11) is 0. The number of hydrogen-bond acceptors (Lipinski definition) is 3. The molecule has 0 aliphatic carbocycles. The Morgan fingerprint density at radius 3 is 2.19 bits per heavy atom. The Kier molecular flexibility index (Phi) is 4.91. The molecule has 1 saturated heterocycles. The van der Waals surface area contributed by atoms with Crippen LogP contribution >= 0.6 is 0 Å². The van der Waals surface area contributed by atoms with E-state index in [0.717, 1.165) is 25.2 Å². The second-order valence-electron chi connectivity index (χ2n) is 6.13. The van der Waals surface area contributed by atoms with Crippen molar-refractivity contribution in [2.75, 3.05) is 32.8 Å². The maximum absolute atomic E-state index is 13.6. The molecule has 6 heteroatoms. The largest absolute Gasteiger partial charge is 0.396 e. The van der Waals surface area contributed by atoms with Crippen LogP contribution in [0, 0.1) is 22.9 Å². The van der Waals surface area contributed by atoms with Gasteiger partial charge in [0.05, 0.1) is 0 Å². The molecule has 1 fully saturated rings. The smallest absolute Gasteiger partial charge is 0.194 e. The highest BCUT2D eigenvalue weighted by Gasteiger charge is 2.36. The minimum absolute atomic E-state index is 0.137. The Labute approximate surface area is 122 Å². The summed E-state index contributed by atoms with van der Waals surface area (Å²) in [5.74, 6) is -3.85. The van der Waals surface area contributed by atoms with E-state index in [9.17, 15) is 18.3 Å². The number of nitrogens with zero attached hydrogens (tertiary/aromatic N) is 1. The first kappa shape index (κ1) is 16.3. The molecule has 1 aliphatic heterocycles. The average molecular weight is 302 g/mol. The fourth-order valence-electron chi connectivity index (χ4n) is 2.92. The quantitative estimate of drug-likeness (QED) is 0.836. The number of hydrogen-bond donors (Lipinski definition) is 2.